The number of hydrogen-bond acceptors (Lipinski definition) is 6. The molecule has 2 rings (SSSR count). The van der Waals surface area contributed by atoms with Crippen molar-refractivity contribution in [2.75, 3.05) is 17.3 Å². The molecule has 5 nitrogen and oxygen atoms in total. The van der Waals surface area contributed by atoms with Crippen LogP contribution in [0.15, 0.2) is 23.1 Å². The number of hydrogen-bond donors (Lipinski definition) is 1. The van der Waals surface area contributed by atoms with E-state index in [2.05, 4.69) is 10.3 Å². The van der Waals surface area contributed by atoms with Gasteiger partial charge in [-0.15, -0.1) is 0 Å². The summed E-state index contributed by atoms with van der Waals surface area (Å²) < 4.78 is 59.4. The first kappa shape index (κ1) is 17.0. The SMILES string of the molecule is CS(=O)(=O)c1ccc2nc(NC(=O)CSC(F)(F)F)sc2c1. The molecule has 0 saturated heterocycles. The number of carbonyl (C=O) groups is 1. The lowest BCUT2D eigenvalue weighted by atomic mass is 10.3. The summed E-state index contributed by atoms with van der Waals surface area (Å²) in [6.45, 7) is 0. The number of thiazole rings is 1. The fourth-order valence-corrected chi connectivity index (χ4v) is 3.50. The van der Waals surface area contributed by atoms with Gasteiger partial charge in [-0.2, -0.15) is 13.2 Å². The molecule has 1 N–H and O–H groups in total. The van der Waals surface area contributed by atoms with E-state index in [1.807, 2.05) is 0 Å². The van der Waals surface area contributed by atoms with E-state index in [-0.39, 0.29) is 10.0 Å². The highest BCUT2D eigenvalue weighted by molar-refractivity contribution is 8.00. The number of thioether (sulfide) groups is 1. The van der Waals surface area contributed by atoms with Crippen molar-refractivity contribution in [3.63, 3.8) is 0 Å². The number of anilines is 1. The predicted octanol–water partition coefficient (Wildman–Crippen LogP) is 2.89. The molecule has 0 aliphatic heterocycles. The van der Waals surface area contributed by atoms with Gasteiger partial charge < -0.3 is 5.32 Å². The van der Waals surface area contributed by atoms with Gasteiger partial charge in [0.15, 0.2) is 15.0 Å². The molecule has 0 bridgehead atoms. The lowest BCUT2D eigenvalue weighted by molar-refractivity contribution is -0.114. The third-order valence-electron chi connectivity index (χ3n) is 2.40. The molecule has 1 aromatic heterocycles. The van der Waals surface area contributed by atoms with Crippen molar-refractivity contribution in [3.05, 3.63) is 18.2 Å². The first-order valence-electron chi connectivity index (χ1n) is 5.66. The van der Waals surface area contributed by atoms with Crippen LogP contribution in [-0.2, 0) is 14.6 Å². The van der Waals surface area contributed by atoms with Gasteiger partial charge in [0, 0.05) is 6.26 Å². The molecule has 0 aliphatic carbocycles. The van der Waals surface area contributed by atoms with E-state index in [1.54, 1.807) is 0 Å². The number of alkyl halides is 3. The second-order valence-corrected chi connectivity index (χ2v) is 8.29. The van der Waals surface area contributed by atoms with E-state index in [1.165, 1.54) is 18.2 Å². The maximum Gasteiger partial charge on any atom is 0.442 e. The average Bonchev–Trinajstić information content (AvgIpc) is 2.75. The number of aromatic nitrogens is 1. The van der Waals surface area contributed by atoms with Gasteiger partial charge in [-0.25, -0.2) is 13.4 Å². The van der Waals surface area contributed by atoms with Crippen LogP contribution in [0.4, 0.5) is 18.3 Å². The Bertz CT molecular complexity index is 815. The van der Waals surface area contributed by atoms with Crippen molar-refractivity contribution in [3.8, 4) is 0 Å². The smallest absolute Gasteiger partial charge is 0.301 e. The lowest BCUT2D eigenvalue weighted by Crippen LogP contribution is -2.16. The Kier molecular flexibility index (Phi) is 4.68. The average molecular weight is 370 g/mol. The van der Waals surface area contributed by atoms with E-state index in [4.69, 9.17) is 0 Å². The number of rotatable bonds is 4. The zero-order chi connectivity index (χ0) is 16.5. The van der Waals surface area contributed by atoms with Crippen molar-refractivity contribution in [1.29, 1.82) is 0 Å². The normalized spacial score (nSPS) is 12.5. The predicted molar refractivity (Wildman–Crippen MR) is 79.9 cm³/mol. The van der Waals surface area contributed by atoms with Crippen molar-refractivity contribution in [2.24, 2.45) is 0 Å². The maximum absolute atomic E-state index is 12.0. The van der Waals surface area contributed by atoms with Crippen molar-refractivity contribution in [1.82, 2.24) is 4.98 Å². The second kappa shape index (κ2) is 6.05. The molecule has 0 atom stereocenters. The van der Waals surface area contributed by atoms with Gasteiger partial charge in [-0.1, -0.05) is 11.3 Å². The summed E-state index contributed by atoms with van der Waals surface area (Å²) >= 11 is 0.550. The Morgan fingerprint density at radius 3 is 2.68 bits per heavy atom. The molecule has 11 heteroatoms. The minimum absolute atomic E-state index is 0.106. The van der Waals surface area contributed by atoms with Crippen molar-refractivity contribution >= 4 is 54.2 Å². The maximum atomic E-state index is 12.0. The van der Waals surface area contributed by atoms with Crippen LogP contribution in [0.2, 0.25) is 0 Å². The van der Waals surface area contributed by atoms with Gasteiger partial charge in [-0.05, 0) is 30.0 Å². The molecule has 0 aliphatic rings. The minimum Gasteiger partial charge on any atom is -0.301 e. The van der Waals surface area contributed by atoms with Gasteiger partial charge >= 0.3 is 5.51 Å². The van der Waals surface area contributed by atoms with Gasteiger partial charge in [0.25, 0.3) is 0 Å². The molecule has 120 valence electrons. The molecular formula is C11H9F3N2O3S3. The topological polar surface area (TPSA) is 76.1 Å². The zero-order valence-corrected chi connectivity index (χ0v) is 13.4. The van der Waals surface area contributed by atoms with Crippen molar-refractivity contribution in [2.45, 2.75) is 10.4 Å². The Balaban J connectivity index is 2.15. The quantitative estimate of drug-likeness (QED) is 0.896. The molecule has 0 spiro atoms. The Labute approximate surface area is 131 Å². The van der Waals surface area contributed by atoms with Crippen LogP contribution in [0.3, 0.4) is 0 Å². The molecule has 0 saturated carbocycles. The van der Waals surface area contributed by atoms with Crippen LogP contribution in [-0.4, -0.2) is 36.8 Å². The summed E-state index contributed by atoms with van der Waals surface area (Å²) in [5, 5.41) is 2.38. The van der Waals surface area contributed by atoms with Crippen LogP contribution in [0.5, 0.6) is 0 Å². The Morgan fingerprint density at radius 2 is 2.09 bits per heavy atom. The Morgan fingerprint density at radius 1 is 1.41 bits per heavy atom. The number of carbonyl (C=O) groups excluding carboxylic acids is 1. The van der Waals surface area contributed by atoms with E-state index in [9.17, 15) is 26.4 Å². The molecule has 1 heterocycles. The molecule has 2 aromatic rings. The molecule has 1 amide bonds. The van der Waals surface area contributed by atoms with E-state index >= 15 is 0 Å². The van der Waals surface area contributed by atoms with Gasteiger partial charge in [0.1, 0.15) is 0 Å². The second-order valence-electron chi connectivity index (χ2n) is 4.20. The number of nitrogens with one attached hydrogen (secondary N) is 1. The highest BCUT2D eigenvalue weighted by Crippen LogP contribution is 2.31. The summed E-state index contributed by atoms with van der Waals surface area (Å²) in [6.07, 6.45) is 1.06. The number of sulfone groups is 1. The third kappa shape index (κ3) is 4.58. The monoisotopic (exact) mass is 370 g/mol. The van der Waals surface area contributed by atoms with E-state index in [0.29, 0.717) is 10.2 Å². The van der Waals surface area contributed by atoms with Crippen LogP contribution in [0.25, 0.3) is 10.2 Å². The summed E-state index contributed by atoms with van der Waals surface area (Å²) in [5.74, 6) is -1.60. The van der Waals surface area contributed by atoms with Crippen LogP contribution >= 0.6 is 23.1 Å². The summed E-state index contributed by atoms with van der Waals surface area (Å²) in [5.41, 5.74) is -4.02. The van der Waals surface area contributed by atoms with Gasteiger partial charge in [0.2, 0.25) is 5.91 Å². The molecule has 0 unspecified atom stereocenters. The van der Waals surface area contributed by atoms with E-state index in [0.717, 1.165) is 17.6 Å². The van der Waals surface area contributed by atoms with Crippen LogP contribution in [0, 0.1) is 0 Å². The fraction of sp³-hybridized carbons (Fsp3) is 0.273. The summed E-state index contributed by atoms with van der Waals surface area (Å²) in [6, 6.07) is 4.26. The van der Waals surface area contributed by atoms with Crippen molar-refractivity contribution < 1.29 is 26.4 Å². The first-order chi connectivity index (χ1) is 10.0. The first-order valence-corrected chi connectivity index (χ1v) is 9.35. The Hall–Kier alpha value is -1.33. The number of amides is 1. The highest BCUT2D eigenvalue weighted by Gasteiger charge is 2.29. The molecular weight excluding hydrogens is 361 g/mol. The van der Waals surface area contributed by atoms with Gasteiger partial charge in [-0.3, -0.25) is 4.79 Å². The molecule has 0 fully saturated rings. The zero-order valence-electron chi connectivity index (χ0n) is 11.0. The fourth-order valence-electron chi connectivity index (χ4n) is 1.49. The summed E-state index contributed by atoms with van der Waals surface area (Å²) in [7, 11) is -3.37. The molecule has 0 radical (unpaired) electrons. The minimum atomic E-state index is -4.48. The van der Waals surface area contributed by atoms with Crippen LogP contribution in [0.1, 0.15) is 0 Å². The van der Waals surface area contributed by atoms with Gasteiger partial charge in [0.05, 0.1) is 20.9 Å². The number of benzene rings is 1. The van der Waals surface area contributed by atoms with E-state index < -0.39 is 38.8 Å². The largest absolute Gasteiger partial charge is 0.442 e. The lowest BCUT2D eigenvalue weighted by Gasteiger charge is -2.04. The molecule has 22 heavy (non-hydrogen) atoms. The van der Waals surface area contributed by atoms with Crippen LogP contribution < -0.4 is 5.32 Å². The number of fused-ring (bicyclic) bond motifs is 1. The molecule has 1 aromatic carbocycles. The number of halogens is 3. The number of nitrogens with zero attached hydrogens (tertiary/aromatic N) is 1. The standard InChI is InChI=1S/C11H9F3N2O3S3/c1-22(18,19)6-2-3-7-8(4-6)21-10(15-7)16-9(17)5-20-11(12,13)14/h2-4H,5H2,1H3,(H,15,16,17). The summed E-state index contributed by atoms with van der Waals surface area (Å²) in [4.78, 5) is 15.5. The third-order valence-corrected chi connectivity index (χ3v) is 5.18. The highest BCUT2D eigenvalue weighted by atomic mass is 32.2.